The van der Waals surface area contributed by atoms with E-state index in [4.69, 9.17) is 9.47 Å². The first-order chi connectivity index (χ1) is 16.4. The number of nitrogens with zero attached hydrogens (tertiary/aromatic N) is 3. The minimum absolute atomic E-state index is 0.206. The summed E-state index contributed by atoms with van der Waals surface area (Å²) < 4.78 is 25.1. The minimum Gasteiger partial charge on any atom is -0.489 e. The van der Waals surface area contributed by atoms with Crippen molar-refractivity contribution < 1.29 is 18.7 Å². The van der Waals surface area contributed by atoms with Crippen molar-refractivity contribution in [2.75, 3.05) is 63.9 Å². The highest BCUT2D eigenvalue weighted by Gasteiger charge is 2.20. The van der Waals surface area contributed by atoms with Gasteiger partial charge in [-0.1, -0.05) is 6.07 Å². The van der Waals surface area contributed by atoms with Gasteiger partial charge in [0.1, 0.15) is 18.2 Å². The number of rotatable bonds is 8. The lowest BCUT2D eigenvalue weighted by molar-refractivity contribution is 0.0962. The molecule has 9 heteroatoms. The van der Waals surface area contributed by atoms with E-state index in [0.717, 1.165) is 54.1 Å². The molecule has 34 heavy (non-hydrogen) atoms. The summed E-state index contributed by atoms with van der Waals surface area (Å²) in [5.74, 6) is -0.104. The zero-order valence-corrected chi connectivity index (χ0v) is 19.7. The van der Waals surface area contributed by atoms with E-state index in [1.165, 1.54) is 12.3 Å². The second-order valence-electron chi connectivity index (χ2n) is 8.43. The maximum Gasteiger partial charge on any atom is 0.271 e. The van der Waals surface area contributed by atoms with Crippen LogP contribution in [0.3, 0.4) is 0 Å². The van der Waals surface area contributed by atoms with Crippen LogP contribution in [0.1, 0.15) is 15.9 Å². The summed E-state index contributed by atoms with van der Waals surface area (Å²) in [7, 11) is 3.75. The van der Waals surface area contributed by atoms with Crippen LogP contribution in [0.15, 0.2) is 42.6 Å². The molecule has 3 aromatic rings. The van der Waals surface area contributed by atoms with Gasteiger partial charge in [-0.2, -0.15) is 0 Å². The first-order valence-electron chi connectivity index (χ1n) is 11.3. The van der Waals surface area contributed by atoms with Crippen molar-refractivity contribution in [2.24, 2.45) is 0 Å². The van der Waals surface area contributed by atoms with E-state index < -0.39 is 11.7 Å². The van der Waals surface area contributed by atoms with Crippen molar-refractivity contribution in [2.45, 2.75) is 6.92 Å². The van der Waals surface area contributed by atoms with Crippen LogP contribution in [0.4, 0.5) is 15.8 Å². The summed E-state index contributed by atoms with van der Waals surface area (Å²) in [4.78, 5) is 21.8. The van der Waals surface area contributed by atoms with Crippen LogP contribution in [0.5, 0.6) is 5.75 Å². The second-order valence-corrected chi connectivity index (χ2v) is 8.43. The Balaban J connectivity index is 1.58. The number of carbonyl (C=O) groups excluding carboxylic acids is 1. The van der Waals surface area contributed by atoms with Crippen LogP contribution >= 0.6 is 0 Å². The maximum atomic E-state index is 14.0. The number of pyridine rings is 1. The minimum atomic E-state index is -0.444. The Morgan fingerprint density at radius 1 is 1.12 bits per heavy atom. The average molecular weight is 468 g/mol. The van der Waals surface area contributed by atoms with Crippen molar-refractivity contribution in [3.63, 3.8) is 0 Å². The van der Waals surface area contributed by atoms with Gasteiger partial charge in [-0.05, 0) is 43.8 Å². The van der Waals surface area contributed by atoms with Crippen LogP contribution in [-0.4, -0.2) is 69.3 Å². The lowest BCUT2D eigenvalue weighted by Crippen LogP contribution is -2.44. The van der Waals surface area contributed by atoms with E-state index in [2.05, 4.69) is 32.7 Å². The summed E-state index contributed by atoms with van der Waals surface area (Å²) in [6.45, 7) is 6.44. The lowest BCUT2D eigenvalue weighted by Gasteiger charge is -2.35. The lowest BCUT2D eigenvalue weighted by atomic mass is 10.1. The highest BCUT2D eigenvalue weighted by Crippen LogP contribution is 2.34. The predicted octanol–water partition coefficient (Wildman–Crippen LogP) is 3.22. The molecule has 4 rings (SSSR count). The number of benzene rings is 2. The van der Waals surface area contributed by atoms with Gasteiger partial charge in [0.25, 0.3) is 5.91 Å². The highest BCUT2D eigenvalue weighted by atomic mass is 19.1. The molecule has 1 aromatic heterocycles. The molecule has 0 radical (unpaired) electrons. The van der Waals surface area contributed by atoms with Crippen molar-refractivity contribution >= 4 is 28.2 Å². The van der Waals surface area contributed by atoms with Gasteiger partial charge in [0.15, 0.2) is 0 Å². The van der Waals surface area contributed by atoms with E-state index in [0.29, 0.717) is 18.8 Å². The molecule has 2 N–H and O–H groups in total. The number of fused-ring (bicyclic) bond motifs is 1. The number of anilines is 2. The van der Waals surface area contributed by atoms with Gasteiger partial charge >= 0.3 is 0 Å². The van der Waals surface area contributed by atoms with Crippen molar-refractivity contribution in [3.05, 3.63) is 59.5 Å². The van der Waals surface area contributed by atoms with Crippen molar-refractivity contribution in [3.8, 4) is 5.75 Å². The molecule has 1 aliphatic rings. The van der Waals surface area contributed by atoms with Crippen LogP contribution in [0.2, 0.25) is 0 Å². The average Bonchev–Trinajstić information content (AvgIpc) is 2.84. The fourth-order valence-electron chi connectivity index (χ4n) is 3.85. The third-order valence-electron chi connectivity index (χ3n) is 5.85. The Kier molecular flexibility index (Phi) is 7.44. The van der Waals surface area contributed by atoms with Gasteiger partial charge in [-0.25, -0.2) is 4.39 Å². The fraction of sp³-hybridized carbons (Fsp3) is 0.360. The maximum absolute atomic E-state index is 14.0. The van der Waals surface area contributed by atoms with E-state index in [1.807, 2.05) is 19.1 Å². The number of nitrogens with one attached hydrogen (secondary N) is 2. The zero-order valence-electron chi connectivity index (χ0n) is 19.7. The molecule has 2 heterocycles. The number of amides is 1. The summed E-state index contributed by atoms with van der Waals surface area (Å²) >= 11 is 0. The van der Waals surface area contributed by atoms with Crippen molar-refractivity contribution in [1.29, 1.82) is 0 Å². The summed E-state index contributed by atoms with van der Waals surface area (Å²) in [5, 5.41) is 0.822. The van der Waals surface area contributed by atoms with Gasteiger partial charge in [-0.3, -0.25) is 20.6 Å². The molecule has 0 bridgehead atoms. The summed E-state index contributed by atoms with van der Waals surface area (Å²) in [6, 6.07) is 10.3. The van der Waals surface area contributed by atoms with Gasteiger partial charge in [-0.15, -0.1) is 0 Å². The zero-order chi connectivity index (χ0) is 24.1. The third kappa shape index (κ3) is 5.55. The molecule has 1 saturated heterocycles. The normalized spacial score (nSPS) is 14.3. The highest BCUT2D eigenvalue weighted by molar-refractivity contribution is 5.98. The molecule has 0 aliphatic carbocycles. The largest absolute Gasteiger partial charge is 0.489 e. The Morgan fingerprint density at radius 2 is 1.91 bits per heavy atom. The number of likely N-dealkylation sites (N-methyl/N-ethyl adjacent to an activating group) is 1. The second kappa shape index (κ2) is 10.7. The van der Waals surface area contributed by atoms with Gasteiger partial charge in [0.05, 0.1) is 29.1 Å². The Hall–Kier alpha value is -3.43. The van der Waals surface area contributed by atoms with Crippen LogP contribution in [-0.2, 0) is 4.74 Å². The number of aromatic nitrogens is 1. The van der Waals surface area contributed by atoms with Gasteiger partial charge in [0.2, 0.25) is 0 Å². The molecule has 0 spiro atoms. The van der Waals surface area contributed by atoms with Gasteiger partial charge in [0, 0.05) is 50.9 Å². The quantitative estimate of drug-likeness (QED) is 0.389. The molecule has 180 valence electrons. The molecule has 0 saturated carbocycles. The van der Waals surface area contributed by atoms with E-state index in [1.54, 1.807) is 25.3 Å². The fourth-order valence-corrected chi connectivity index (χ4v) is 3.85. The van der Waals surface area contributed by atoms with Crippen LogP contribution < -0.4 is 20.5 Å². The monoisotopic (exact) mass is 467 g/mol. The molecule has 1 fully saturated rings. The number of methoxy groups -OCH3 is 1. The Morgan fingerprint density at radius 3 is 2.68 bits per heavy atom. The Bertz CT molecular complexity index is 1160. The third-order valence-corrected chi connectivity index (χ3v) is 5.85. The molecular weight excluding hydrogens is 437 g/mol. The molecule has 1 amide bonds. The smallest absolute Gasteiger partial charge is 0.271 e. The standard InChI is InChI=1S/C25H30FN5O3/c1-17-4-5-20(26)22(12-17)28-29-25(32)19-13-18-14-23(31-8-6-30(2)7-9-31)24(34-11-10-33-3)15-21(18)27-16-19/h4-5,12-16,28H,6-11H2,1-3H3,(H,29,32). The molecule has 1 aliphatic heterocycles. The number of halogens is 1. The first-order valence-corrected chi connectivity index (χ1v) is 11.3. The van der Waals surface area contributed by atoms with E-state index in [-0.39, 0.29) is 5.69 Å². The number of hydrogen-bond donors (Lipinski definition) is 2. The topological polar surface area (TPSA) is 79.0 Å². The molecular formula is C25H30FN5O3. The number of aryl methyl sites for hydroxylation is 1. The Labute approximate surface area is 198 Å². The summed E-state index contributed by atoms with van der Waals surface area (Å²) in [5.41, 5.74) is 8.35. The first kappa shape index (κ1) is 23.7. The molecule has 0 atom stereocenters. The molecule has 0 unspecified atom stereocenters. The number of hydrazine groups is 1. The van der Waals surface area contributed by atoms with Gasteiger partial charge < -0.3 is 19.3 Å². The number of piperazine rings is 1. The van der Waals surface area contributed by atoms with Crippen LogP contribution in [0.25, 0.3) is 10.9 Å². The molecule has 8 nitrogen and oxygen atoms in total. The van der Waals surface area contributed by atoms with E-state index >= 15 is 0 Å². The summed E-state index contributed by atoms with van der Waals surface area (Å²) in [6.07, 6.45) is 1.50. The SMILES string of the molecule is COCCOc1cc2ncc(C(=O)NNc3cc(C)ccc3F)cc2cc1N1CCN(C)CC1. The number of carbonyl (C=O) groups is 1. The molecule has 2 aromatic carbocycles. The number of hydrogen-bond acceptors (Lipinski definition) is 7. The number of ether oxygens (including phenoxy) is 2. The van der Waals surface area contributed by atoms with Crippen LogP contribution in [0, 0.1) is 12.7 Å². The van der Waals surface area contributed by atoms with Crippen molar-refractivity contribution in [1.82, 2.24) is 15.3 Å². The predicted molar refractivity (Wildman–Crippen MR) is 131 cm³/mol. The van der Waals surface area contributed by atoms with E-state index in [9.17, 15) is 9.18 Å².